The summed E-state index contributed by atoms with van der Waals surface area (Å²) in [6.45, 7) is 4.21. The molecular formula is C37H43ClFN5O3S. The summed E-state index contributed by atoms with van der Waals surface area (Å²) in [5.74, 6) is 0.681. The normalized spacial score (nSPS) is 22.7. The number of sulfonamides is 1. The number of rotatable bonds is 9. The highest BCUT2D eigenvalue weighted by molar-refractivity contribution is 7.92. The number of carbonyl (C=O) groups excluding carboxylic acids is 1. The van der Waals surface area contributed by atoms with Crippen LogP contribution in [-0.2, 0) is 15.4 Å². The van der Waals surface area contributed by atoms with Gasteiger partial charge in [0.15, 0.2) is 0 Å². The van der Waals surface area contributed by atoms with Crippen LogP contribution in [0.2, 0.25) is 5.02 Å². The van der Waals surface area contributed by atoms with Crippen LogP contribution in [0.1, 0.15) is 79.2 Å². The lowest BCUT2D eigenvalue weighted by molar-refractivity contribution is 0.0642. The lowest BCUT2D eigenvalue weighted by Crippen LogP contribution is -2.46. The summed E-state index contributed by atoms with van der Waals surface area (Å²) in [4.78, 5) is 23.0. The Bertz CT molecular complexity index is 1930. The van der Waals surface area contributed by atoms with Gasteiger partial charge in [0.25, 0.3) is 5.91 Å². The number of hydrogen-bond acceptors (Lipinski definition) is 5. The number of benzene rings is 3. The Morgan fingerprint density at radius 3 is 2.42 bits per heavy atom. The number of likely N-dealkylation sites (tertiary alicyclic amines) is 1. The summed E-state index contributed by atoms with van der Waals surface area (Å²) < 4.78 is 42.7. The van der Waals surface area contributed by atoms with Crippen molar-refractivity contribution in [3.8, 4) is 0 Å². The minimum absolute atomic E-state index is 0.181. The van der Waals surface area contributed by atoms with Crippen molar-refractivity contribution < 1.29 is 17.6 Å². The number of carbonyl (C=O) groups is 1. The van der Waals surface area contributed by atoms with E-state index in [1.807, 2.05) is 11.0 Å². The van der Waals surface area contributed by atoms with E-state index in [9.17, 15) is 17.6 Å². The maximum absolute atomic E-state index is 14.6. The number of hydrogen-bond donors (Lipinski definition) is 1. The zero-order valence-electron chi connectivity index (χ0n) is 27.5. The zero-order valence-corrected chi connectivity index (χ0v) is 29.1. The number of piperidine rings is 2. The SMILES string of the molecule is Cc1nc2ccccc2n1C1CC2CCC(C1)N2CCCC1(c2cccc(F)c2)CCN(C(=O)c2ccc(NS(C)(=O)=O)cc2Cl)CC1. The first kappa shape index (κ1) is 33.0. The predicted octanol–water partition coefficient (Wildman–Crippen LogP) is 7.33. The van der Waals surface area contributed by atoms with Crippen molar-refractivity contribution in [1.82, 2.24) is 19.4 Å². The third-order valence-corrected chi connectivity index (χ3v) is 11.9. The maximum Gasteiger partial charge on any atom is 0.255 e. The molecule has 3 fully saturated rings. The second kappa shape index (κ2) is 13.1. The molecule has 254 valence electrons. The number of halogens is 2. The molecule has 2 atom stereocenters. The summed E-state index contributed by atoms with van der Waals surface area (Å²) in [7, 11) is -3.47. The van der Waals surface area contributed by atoms with Crippen LogP contribution in [0.25, 0.3) is 11.0 Å². The first-order valence-corrected chi connectivity index (χ1v) is 19.3. The van der Waals surface area contributed by atoms with Crippen LogP contribution in [0.15, 0.2) is 66.7 Å². The molecule has 8 nitrogen and oxygen atoms in total. The van der Waals surface area contributed by atoms with E-state index in [4.69, 9.17) is 16.6 Å². The van der Waals surface area contributed by atoms with E-state index in [2.05, 4.69) is 45.4 Å². The Morgan fingerprint density at radius 2 is 1.73 bits per heavy atom. The van der Waals surface area contributed by atoms with Crippen molar-refractivity contribution in [3.63, 3.8) is 0 Å². The van der Waals surface area contributed by atoms with Crippen LogP contribution in [0, 0.1) is 12.7 Å². The van der Waals surface area contributed by atoms with Gasteiger partial charge in [-0.3, -0.25) is 14.4 Å². The zero-order chi connectivity index (χ0) is 33.6. The van der Waals surface area contributed by atoms with Crippen molar-refractivity contribution in [3.05, 3.63) is 94.5 Å². The third-order valence-electron chi connectivity index (χ3n) is 11.0. The number of fused-ring (bicyclic) bond motifs is 3. The molecule has 4 aromatic rings. The first-order valence-electron chi connectivity index (χ1n) is 17.0. The fraction of sp³-hybridized carbons (Fsp3) is 0.459. The third kappa shape index (κ3) is 6.59. The van der Waals surface area contributed by atoms with Crippen molar-refractivity contribution in [2.75, 3.05) is 30.6 Å². The molecule has 1 amide bonds. The Hall–Kier alpha value is -3.47. The van der Waals surface area contributed by atoms with Gasteiger partial charge in [0.2, 0.25) is 10.0 Å². The minimum Gasteiger partial charge on any atom is -0.339 e. The maximum atomic E-state index is 14.6. The van der Waals surface area contributed by atoms with Gasteiger partial charge in [-0.15, -0.1) is 0 Å². The molecule has 3 saturated heterocycles. The lowest BCUT2D eigenvalue weighted by Gasteiger charge is -2.44. The molecule has 0 spiro atoms. The molecule has 1 N–H and O–H groups in total. The van der Waals surface area contributed by atoms with E-state index >= 15 is 0 Å². The standard InChI is InChI=1S/C37H43ClFN5O3S/c1-25-40-34-9-3-4-10-35(34)44(25)31-23-29-12-13-30(24-31)43(29)18-6-15-37(26-7-5-8-27(39)21-26)16-19-42(20-17-37)36(45)32-14-11-28(22-33(32)38)41-48(2,46)47/h3-5,7-11,14,21-22,29-31,41H,6,12-13,15-20,23-24H2,1-2H3. The van der Waals surface area contributed by atoms with Gasteiger partial charge < -0.3 is 9.47 Å². The summed E-state index contributed by atoms with van der Waals surface area (Å²) in [6, 6.07) is 21.6. The number of imidazole rings is 1. The molecule has 2 unspecified atom stereocenters. The second-order valence-corrected chi connectivity index (χ2v) is 16.2. The monoisotopic (exact) mass is 691 g/mol. The first-order chi connectivity index (χ1) is 23.0. The summed E-state index contributed by atoms with van der Waals surface area (Å²) in [5, 5.41) is 0.199. The van der Waals surface area contributed by atoms with Crippen molar-refractivity contribution in [2.24, 2.45) is 0 Å². The van der Waals surface area contributed by atoms with Crippen molar-refractivity contribution in [2.45, 2.75) is 81.8 Å². The molecule has 11 heteroatoms. The van der Waals surface area contributed by atoms with E-state index < -0.39 is 10.0 Å². The molecule has 3 aliphatic heterocycles. The number of nitrogens with zero attached hydrogens (tertiary/aromatic N) is 4. The number of anilines is 1. The molecule has 1 aromatic heterocycles. The minimum atomic E-state index is -3.47. The van der Waals surface area contributed by atoms with E-state index in [1.54, 1.807) is 24.3 Å². The second-order valence-electron chi connectivity index (χ2n) is 14.0. The molecule has 2 bridgehead atoms. The van der Waals surface area contributed by atoms with Crippen LogP contribution in [-0.4, -0.2) is 71.6 Å². The molecule has 7 rings (SSSR count). The fourth-order valence-electron chi connectivity index (χ4n) is 8.82. The topological polar surface area (TPSA) is 87.5 Å². The van der Waals surface area contributed by atoms with E-state index in [-0.39, 0.29) is 22.2 Å². The van der Waals surface area contributed by atoms with Gasteiger partial charge in [-0.1, -0.05) is 35.9 Å². The van der Waals surface area contributed by atoms with Crippen molar-refractivity contribution in [1.29, 1.82) is 0 Å². The van der Waals surface area contributed by atoms with Crippen LogP contribution in [0.4, 0.5) is 10.1 Å². The van der Waals surface area contributed by atoms with E-state index in [0.29, 0.717) is 42.5 Å². The summed E-state index contributed by atoms with van der Waals surface area (Å²) in [6.07, 6.45) is 9.20. The molecule has 4 heterocycles. The number of aryl methyl sites for hydroxylation is 1. The van der Waals surface area contributed by atoms with Crippen LogP contribution < -0.4 is 4.72 Å². The Labute approximate surface area is 287 Å². The number of amides is 1. The molecular weight excluding hydrogens is 649 g/mol. The molecule has 0 saturated carbocycles. The largest absolute Gasteiger partial charge is 0.339 e. The predicted molar refractivity (Wildman–Crippen MR) is 189 cm³/mol. The fourth-order valence-corrected chi connectivity index (χ4v) is 9.64. The number of para-hydroxylation sites is 2. The van der Waals surface area contributed by atoms with Crippen molar-refractivity contribution >= 4 is 44.3 Å². The summed E-state index contributed by atoms with van der Waals surface area (Å²) >= 11 is 6.45. The van der Waals surface area contributed by atoms with Crippen LogP contribution in [0.5, 0.6) is 0 Å². The highest BCUT2D eigenvalue weighted by atomic mass is 35.5. The van der Waals surface area contributed by atoms with Gasteiger partial charge >= 0.3 is 0 Å². The highest BCUT2D eigenvalue weighted by Crippen LogP contribution is 2.44. The highest BCUT2D eigenvalue weighted by Gasteiger charge is 2.43. The van der Waals surface area contributed by atoms with E-state index in [1.165, 1.54) is 30.5 Å². The van der Waals surface area contributed by atoms with Gasteiger partial charge in [0.05, 0.1) is 27.9 Å². The Balaban J connectivity index is 1.02. The lowest BCUT2D eigenvalue weighted by atomic mass is 9.69. The summed E-state index contributed by atoms with van der Waals surface area (Å²) in [5.41, 5.74) is 3.74. The van der Waals surface area contributed by atoms with Gasteiger partial charge in [0, 0.05) is 36.9 Å². The molecule has 3 aliphatic rings. The average molecular weight is 692 g/mol. The average Bonchev–Trinajstić information content (AvgIpc) is 3.50. The number of aromatic nitrogens is 2. The quantitative estimate of drug-likeness (QED) is 0.199. The Morgan fingerprint density at radius 1 is 1.00 bits per heavy atom. The molecule has 0 aliphatic carbocycles. The van der Waals surface area contributed by atoms with Crippen LogP contribution in [0.3, 0.4) is 0 Å². The Kier molecular flexibility index (Phi) is 9.02. The number of nitrogens with one attached hydrogen (secondary N) is 1. The van der Waals surface area contributed by atoms with Crippen LogP contribution >= 0.6 is 11.6 Å². The van der Waals surface area contributed by atoms with Gasteiger partial charge in [-0.25, -0.2) is 17.8 Å². The smallest absolute Gasteiger partial charge is 0.255 e. The molecule has 0 radical (unpaired) electrons. The van der Waals surface area contributed by atoms with Gasteiger partial charge in [-0.05, 0) is 118 Å². The molecule has 48 heavy (non-hydrogen) atoms. The van der Waals surface area contributed by atoms with E-state index in [0.717, 1.165) is 68.2 Å². The molecule has 3 aromatic carbocycles. The van der Waals surface area contributed by atoms with Gasteiger partial charge in [0.1, 0.15) is 11.6 Å². The van der Waals surface area contributed by atoms with Gasteiger partial charge in [-0.2, -0.15) is 0 Å².